The van der Waals surface area contributed by atoms with Gasteiger partial charge in [0.25, 0.3) is 0 Å². The molecular weight excluding hydrogens is 358 g/mol. The van der Waals surface area contributed by atoms with Gasteiger partial charge >= 0.3 is 5.97 Å². The van der Waals surface area contributed by atoms with Gasteiger partial charge in [0.1, 0.15) is 16.5 Å². The average molecular weight is 377 g/mol. The van der Waals surface area contributed by atoms with Gasteiger partial charge in [-0.3, -0.25) is 4.79 Å². The van der Waals surface area contributed by atoms with Crippen molar-refractivity contribution >= 4 is 43.4 Å². The number of fused-ring (bicyclic) bond motifs is 3. The quantitative estimate of drug-likeness (QED) is 0.481. The number of aromatic nitrogens is 2. The number of thiophene rings is 1. The average Bonchev–Trinajstić information content (AvgIpc) is 3.05. The van der Waals surface area contributed by atoms with Crippen LogP contribution >= 0.6 is 11.3 Å². The van der Waals surface area contributed by atoms with Crippen LogP contribution in [0, 0.1) is 0 Å². The highest BCUT2D eigenvalue weighted by Gasteiger charge is 2.14. The summed E-state index contributed by atoms with van der Waals surface area (Å²) in [6, 6.07) is 18.4. The Morgan fingerprint density at radius 1 is 1.04 bits per heavy atom. The minimum Gasteiger partial charge on any atom is -0.481 e. The van der Waals surface area contributed by atoms with Crippen LogP contribution < -0.4 is 5.32 Å². The number of benzene rings is 2. The molecule has 0 radical (unpaired) electrons. The molecular formula is C21H19N3O2S. The minimum atomic E-state index is -0.791. The Morgan fingerprint density at radius 2 is 1.81 bits per heavy atom. The number of hydrogen-bond acceptors (Lipinski definition) is 5. The van der Waals surface area contributed by atoms with Crippen molar-refractivity contribution in [3.63, 3.8) is 0 Å². The van der Waals surface area contributed by atoms with Crippen LogP contribution in [0.1, 0.15) is 24.2 Å². The van der Waals surface area contributed by atoms with Gasteiger partial charge in [-0.2, -0.15) is 0 Å². The van der Waals surface area contributed by atoms with Gasteiger partial charge < -0.3 is 10.4 Å². The third kappa shape index (κ3) is 3.90. The van der Waals surface area contributed by atoms with Crippen LogP contribution in [0.5, 0.6) is 0 Å². The zero-order chi connectivity index (χ0) is 18.6. The third-order valence-electron chi connectivity index (χ3n) is 4.38. The first-order valence-electron chi connectivity index (χ1n) is 8.88. The molecule has 0 aliphatic carbocycles. The van der Waals surface area contributed by atoms with Gasteiger partial charge in [-0.15, -0.1) is 11.3 Å². The molecule has 0 saturated carbocycles. The van der Waals surface area contributed by atoms with Crippen molar-refractivity contribution in [2.75, 3.05) is 5.32 Å². The van der Waals surface area contributed by atoms with Crippen molar-refractivity contribution in [2.24, 2.45) is 0 Å². The molecule has 0 aliphatic rings. The molecule has 2 N–H and O–H groups in total. The second-order valence-corrected chi connectivity index (χ2v) is 7.38. The molecule has 0 saturated heterocycles. The zero-order valence-electron chi connectivity index (χ0n) is 14.7. The lowest BCUT2D eigenvalue weighted by Gasteiger charge is -2.09. The highest BCUT2D eigenvalue weighted by molar-refractivity contribution is 7.25. The highest BCUT2D eigenvalue weighted by Crippen LogP contribution is 2.36. The molecule has 136 valence electrons. The summed E-state index contributed by atoms with van der Waals surface area (Å²) < 4.78 is 1.17. The molecule has 6 heteroatoms. The minimum absolute atomic E-state index is 0.126. The van der Waals surface area contributed by atoms with Gasteiger partial charge in [0.05, 0.1) is 5.39 Å². The predicted molar refractivity (Wildman–Crippen MR) is 109 cm³/mol. The number of carboxylic acids is 1. The number of carbonyl (C=O) groups is 1. The van der Waals surface area contributed by atoms with Gasteiger partial charge in [0.2, 0.25) is 0 Å². The fourth-order valence-electron chi connectivity index (χ4n) is 3.09. The van der Waals surface area contributed by atoms with Crippen molar-refractivity contribution in [2.45, 2.75) is 25.8 Å². The van der Waals surface area contributed by atoms with Crippen molar-refractivity contribution in [3.05, 3.63) is 66.0 Å². The van der Waals surface area contributed by atoms with E-state index in [9.17, 15) is 4.79 Å². The first-order valence-corrected chi connectivity index (χ1v) is 9.70. The molecule has 2 aromatic carbocycles. The number of hydrogen-bond donors (Lipinski definition) is 2. The molecule has 0 spiro atoms. The topological polar surface area (TPSA) is 75.1 Å². The first-order chi connectivity index (χ1) is 13.2. The number of aliphatic carboxylic acids is 1. The van der Waals surface area contributed by atoms with Crippen LogP contribution in [0.4, 0.5) is 5.82 Å². The van der Waals surface area contributed by atoms with Crippen LogP contribution in [-0.4, -0.2) is 21.0 Å². The molecule has 4 aromatic rings. The van der Waals surface area contributed by atoms with E-state index in [-0.39, 0.29) is 6.42 Å². The second kappa shape index (κ2) is 7.72. The number of anilines is 1. The van der Waals surface area contributed by atoms with Crippen molar-refractivity contribution in [1.82, 2.24) is 9.97 Å². The summed E-state index contributed by atoms with van der Waals surface area (Å²) in [7, 11) is 0. The predicted octanol–water partition coefficient (Wildman–Crippen LogP) is 4.86. The molecule has 0 atom stereocenters. The summed E-state index contributed by atoms with van der Waals surface area (Å²) in [6.07, 6.45) is 1.21. The van der Waals surface area contributed by atoms with Crippen molar-refractivity contribution in [1.29, 1.82) is 0 Å². The zero-order valence-corrected chi connectivity index (χ0v) is 15.5. The summed E-state index contributed by atoms with van der Waals surface area (Å²) in [5.41, 5.74) is 1.18. The van der Waals surface area contributed by atoms with E-state index in [1.807, 2.05) is 30.3 Å². The summed E-state index contributed by atoms with van der Waals surface area (Å²) in [6.45, 7) is 0.672. The summed E-state index contributed by atoms with van der Waals surface area (Å²) in [5, 5.41) is 14.5. The van der Waals surface area contributed by atoms with Crippen LogP contribution in [0.15, 0.2) is 54.6 Å². The van der Waals surface area contributed by atoms with Crippen molar-refractivity contribution in [3.8, 4) is 0 Å². The fraction of sp³-hybridized carbons (Fsp3) is 0.190. The summed E-state index contributed by atoms with van der Waals surface area (Å²) in [4.78, 5) is 21.2. The Kier molecular flexibility index (Phi) is 4.98. The van der Waals surface area contributed by atoms with E-state index in [0.29, 0.717) is 25.2 Å². The number of nitrogens with zero attached hydrogens (tertiary/aromatic N) is 2. The van der Waals surface area contributed by atoms with E-state index in [1.165, 1.54) is 10.3 Å². The molecule has 0 bridgehead atoms. The molecule has 2 heterocycles. The summed E-state index contributed by atoms with van der Waals surface area (Å²) in [5.74, 6) is 0.706. The van der Waals surface area contributed by atoms with Gasteiger partial charge in [-0.25, -0.2) is 9.97 Å². The standard InChI is InChI=1S/C21H19N3O2S/c25-18(26)12-6-11-17-23-20(22-13-14-7-2-1-3-8-14)19-15-9-4-5-10-16(15)27-21(19)24-17/h1-5,7-10H,6,11-13H2,(H,25,26)(H,22,23,24). The van der Waals surface area contributed by atoms with Gasteiger partial charge in [0, 0.05) is 29.5 Å². The highest BCUT2D eigenvalue weighted by atomic mass is 32.1. The fourth-order valence-corrected chi connectivity index (χ4v) is 4.18. The normalized spacial score (nSPS) is 11.1. The van der Waals surface area contributed by atoms with E-state index in [1.54, 1.807) is 11.3 Å². The second-order valence-electron chi connectivity index (χ2n) is 6.35. The van der Waals surface area contributed by atoms with Crippen LogP contribution in [0.3, 0.4) is 0 Å². The van der Waals surface area contributed by atoms with Gasteiger partial charge in [0.15, 0.2) is 0 Å². The number of rotatable bonds is 7. The lowest BCUT2D eigenvalue weighted by Crippen LogP contribution is -2.06. The Bertz CT molecular complexity index is 1090. The van der Waals surface area contributed by atoms with Gasteiger partial charge in [-0.1, -0.05) is 48.5 Å². The van der Waals surface area contributed by atoms with Crippen LogP contribution in [0.25, 0.3) is 20.3 Å². The molecule has 2 aromatic heterocycles. The SMILES string of the molecule is O=C(O)CCCc1nc(NCc2ccccc2)c2c(n1)sc1ccccc12. The van der Waals surface area contributed by atoms with E-state index in [0.717, 1.165) is 21.4 Å². The molecule has 5 nitrogen and oxygen atoms in total. The maximum atomic E-state index is 10.8. The Hall–Kier alpha value is -2.99. The smallest absolute Gasteiger partial charge is 0.303 e. The molecule has 27 heavy (non-hydrogen) atoms. The molecule has 0 amide bonds. The van der Waals surface area contributed by atoms with E-state index in [4.69, 9.17) is 15.1 Å². The molecule has 0 aliphatic heterocycles. The number of aryl methyl sites for hydroxylation is 1. The number of carboxylic acid groups (broad SMARTS) is 1. The maximum Gasteiger partial charge on any atom is 0.303 e. The lowest BCUT2D eigenvalue weighted by atomic mass is 10.2. The molecule has 4 rings (SSSR count). The van der Waals surface area contributed by atoms with Crippen LogP contribution in [-0.2, 0) is 17.8 Å². The lowest BCUT2D eigenvalue weighted by molar-refractivity contribution is -0.137. The largest absolute Gasteiger partial charge is 0.481 e. The molecule has 0 fully saturated rings. The van der Waals surface area contributed by atoms with E-state index >= 15 is 0 Å². The van der Waals surface area contributed by atoms with Gasteiger partial charge in [-0.05, 0) is 18.1 Å². The Morgan fingerprint density at radius 3 is 2.63 bits per heavy atom. The monoisotopic (exact) mass is 377 g/mol. The van der Waals surface area contributed by atoms with E-state index in [2.05, 4.69) is 29.6 Å². The molecule has 0 unspecified atom stereocenters. The Labute approximate surface area is 160 Å². The van der Waals surface area contributed by atoms with Crippen molar-refractivity contribution < 1.29 is 9.90 Å². The summed E-state index contributed by atoms with van der Waals surface area (Å²) >= 11 is 1.64. The Balaban J connectivity index is 1.71. The van der Waals surface area contributed by atoms with Crippen LogP contribution in [0.2, 0.25) is 0 Å². The third-order valence-corrected chi connectivity index (χ3v) is 5.44. The maximum absolute atomic E-state index is 10.8. The number of nitrogens with one attached hydrogen (secondary N) is 1. The van der Waals surface area contributed by atoms with E-state index < -0.39 is 5.97 Å². The first kappa shape index (κ1) is 17.4.